The molecular formula is C19H28N2O4. The molecule has 0 spiro atoms. The Labute approximate surface area is 148 Å². The molecule has 1 heterocycles. The summed E-state index contributed by atoms with van der Waals surface area (Å²) in [6.45, 7) is 0. The van der Waals surface area contributed by atoms with Gasteiger partial charge in [0, 0.05) is 12.4 Å². The zero-order valence-corrected chi connectivity index (χ0v) is 14.8. The number of hydrogen-bond donors (Lipinski definition) is 0. The highest BCUT2D eigenvalue weighted by Crippen LogP contribution is 2.25. The van der Waals surface area contributed by atoms with E-state index in [1.54, 1.807) is 23.3 Å². The molecule has 2 fully saturated rings. The van der Waals surface area contributed by atoms with Crippen molar-refractivity contribution in [1.29, 1.82) is 0 Å². The number of aromatic nitrogens is 2. The van der Waals surface area contributed by atoms with Gasteiger partial charge in [0.1, 0.15) is 18.2 Å². The Hall–Kier alpha value is -1.85. The summed E-state index contributed by atoms with van der Waals surface area (Å²) in [6.07, 6.45) is 15.3. The maximum atomic E-state index is 12.7. The van der Waals surface area contributed by atoms with Crippen LogP contribution in [0.5, 0.6) is 0 Å². The molecule has 138 valence electrons. The maximum absolute atomic E-state index is 12.7. The molecule has 6 heteroatoms. The number of hydrogen-bond acceptors (Lipinski definition) is 5. The summed E-state index contributed by atoms with van der Waals surface area (Å²) in [6, 6.07) is -0.694. The van der Waals surface area contributed by atoms with Gasteiger partial charge < -0.3 is 14.0 Å². The molecule has 1 aromatic rings. The van der Waals surface area contributed by atoms with E-state index in [-0.39, 0.29) is 30.6 Å². The minimum atomic E-state index is -0.694. The summed E-state index contributed by atoms with van der Waals surface area (Å²) in [5, 5.41) is 0. The molecule has 0 saturated heterocycles. The zero-order valence-electron chi connectivity index (χ0n) is 14.8. The second-order valence-corrected chi connectivity index (χ2v) is 7.18. The molecule has 0 radical (unpaired) electrons. The normalized spacial score (nSPS) is 20.8. The third kappa shape index (κ3) is 5.31. The van der Waals surface area contributed by atoms with Crippen molar-refractivity contribution in [3.8, 4) is 0 Å². The highest BCUT2D eigenvalue weighted by atomic mass is 16.6. The van der Waals surface area contributed by atoms with Crippen LogP contribution in [-0.4, -0.2) is 33.7 Å². The highest BCUT2D eigenvalue weighted by molar-refractivity contribution is 5.81. The summed E-state index contributed by atoms with van der Waals surface area (Å²) >= 11 is 0. The van der Waals surface area contributed by atoms with Gasteiger partial charge >= 0.3 is 11.9 Å². The third-order valence-electron chi connectivity index (χ3n) is 5.20. The van der Waals surface area contributed by atoms with Crippen molar-refractivity contribution in [2.45, 2.75) is 88.9 Å². The smallest absolute Gasteiger partial charge is 0.330 e. The van der Waals surface area contributed by atoms with Crippen LogP contribution in [0.2, 0.25) is 0 Å². The van der Waals surface area contributed by atoms with Crippen LogP contribution >= 0.6 is 0 Å². The van der Waals surface area contributed by atoms with Crippen LogP contribution in [0.15, 0.2) is 18.7 Å². The van der Waals surface area contributed by atoms with Crippen LogP contribution < -0.4 is 0 Å². The van der Waals surface area contributed by atoms with E-state index in [2.05, 4.69) is 4.98 Å². The molecule has 25 heavy (non-hydrogen) atoms. The van der Waals surface area contributed by atoms with Gasteiger partial charge in [-0.15, -0.1) is 0 Å². The molecule has 1 aromatic heterocycles. The number of carbonyl (C=O) groups is 2. The van der Waals surface area contributed by atoms with Crippen molar-refractivity contribution in [2.75, 3.05) is 0 Å². The van der Waals surface area contributed by atoms with Crippen molar-refractivity contribution in [3.63, 3.8) is 0 Å². The summed E-state index contributed by atoms with van der Waals surface area (Å²) in [7, 11) is 0. The average molecular weight is 348 g/mol. The molecule has 2 aliphatic rings. The number of esters is 2. The van der Waals surface area contributed by atoms with Crippen LogP contribution in [0.1, 0.15) is 76.7 Å². The Morgan fingerprint density at radius 3 is 2.12 bits per heavy atom. The Morgan fingerprint density at radius 1 is 0.960 bits per heavy atom. The minimum Gasteiger partial charge on any atom is -0.462 e. The quantitative estimate of drug-likeness (QED) is 0.735. The van der Waals surface area contributed by atoms with Gasteiger partial charge in [-0.05, 0) is 51.4 Å². The van der Waals surface area contributed by atoms with E-state index >= 15 is 0 Å². The molecule has 0 N–H and O–H groups in total. The van der Waals surface area contributed by atoms with Gasteiger partial charge in [0.25, 0.3) is 0 Å². The van der Waals surface area contributed by atoms with Gasteiger partial charge in [0.2, 0.25) is 0 Å². The Kier molecular flexibility index (Phi) is 6.48. The van der Waals surface area contributed by atoms with Gasteiger partial charge in [-0.1, -0.05) is 12.8 Å². The van der Waals surface area contributed by atoms with E-state index in [0.29, 0.717) is 0 Å². The Morgan fingerprint density at radius 2 is 1.56 bits per heavy atom. The van der Waals surface area contributed by atoms with Crippen LogP contribution in [0.25, 0.3) is 0 Å². The number of ether oxygens (including phenoxy) is 2. The number of nitrogens with zero attached hydrogens (tertiary/aromatic N) is 2. The SMILES string of the molecule is O=C(CC(C(=O)OC1CCCCC1)n1ccnc1)OC1CCCCC1. The molecule has 0 aromatic carbocycles. The van der Waals surface area contributed by atoms with Crippen LogP contribution in [-0.2, 0) is 19.1 Å². The van der Waals surface area contributed by atoms with Crippen molar-refractivity contribution in [1.82, 2.24) is 9.55 Å². The number of imidazole rings is 1. The minimum absolute atomic E-state index is 0.000878. The summed E-state index contributed by atoms with van der Waals surface area (Å²) in [5.41, 5.74) is 0. The lowest BCUT2D eigenvalue weighted by Gasteiger charge is -2.26. The molecule has 0 aliphatic heterocycles. The molecule has 1 atom stereocenters. The Balaban J connectivity index is 1.58. The molecule has 2 saturated carbocycles. The van der Waals surface area contributed by atoms with Gasteiger partial charge in [-0.25, -0.2) is 9.78 Å². The van der Waals surface area contributed by atoms with E-state index in [0.717, 1.165) is 51.4 Å². The van der Waals surface area contributed by atoms with E-state index in [9.17, 15) is 9.59 Å². The van der Waals surface area contributed by atoms with Crippen LogP contribution in [0.4, 0.5) is 0 Å². The van der Waals surface area contributed by atoms with E-state index in [1.165, 1.54) is 12.8 Å². The number of carbonyl (C=O) groups excluding carboxylic acids is 2. The van der Waals surface area contributed by atoms with Gasteiger partial charge in [-0.3, -0.25) is 4.79 Å². The molecular weight excluding hydrogens is 320 g/mol. The topological polar surface area (TPSA) is 70.4 Å². The second-order valence-electron chi connectivity index (χ2n) is 7.18. The van der Waals surface area contributed by atoms with Crippen molar-refractivity contribution < 1.29 is 19.1 Å². The first-order valence-corrected chi connectivity index (χ1v) is 9.60. The van der Waals surface area contributed by atoms with E-state index in [4.69, 9.17) is 9.47 Å². The largest absolute Gasteiger partial charge is 0.462 e. The fourth-order valence-corrected chi connectivity index (χ4v) is 3.76. The van der Waals surface area contributed by atoms with Crippen molar-refractivity contribution >= 4 is 11.9 Å². The molecule has 0 amide bonds. The third-order valence-corrected chi connectivity index (χ3v) is 5.20. The lowest BCUT2D eigenvalue weighted by molar-refractivity contribution is -0.161. The number of rotatable bonds is 6. The first-order valence-electron chi connectivity index (χ1n) is 9.60. The summed E-state index contributed by atoms with van der Waals surface area (Å²) in [4.78, 5) is 29.0. The Bertz CT molecular complexity index is 546. The predicted molar refractivity (Wildman–Crippen MR) is 91.8 cm³/mol. The fraction of sp³-hybridized carbons (Fsp3) is 0.737. The average Bonchev–Trinajstić information content (AvgIpc) is 3.15. The van der Waals surface area contributed by atoms with E-state index in [1.807, 2.05) is 0 Å². The first kappa shape index (κ1) is 18.0. The lowest BCUT2D eigenvalue weighted by atomic mass is 9.97. The lowest BCUT2D eigenvalue weighted by Crippen LogP contribution is -2.30. The monoisotopic (exact) mass is 348 g/mol. The van der Waals surface area contributed by atoms with Crippen LogP contribution in [0.3, 0.4) is 0 Å². The van der Waals surface area contributed by atoms with E-state index < -0.39 is 6.04 Å². The zero-order chi connectivity index (χ0) is 17.5. The fourth-order valence-electron chi connectivity index (χ4n) is 3.76. The van der Waals surface area contributed by atoms with Gasteiger partial charge in [0.05, 0.1) is 12.7 Å². The van der Waals surface area contributed by atoms with Gasteiger partial charge in [0.15, 0.2) is 0 Å². The second kappa shape index (κ2) is 9.02. The van der Waals surface area contributed by atoms with Crippen molar-refractivity contribution in [3.05, 3.63) is 18.7 Å². The maximum Gasteiger partial charge on any atom is 0.330 e. The standard InChI is InChI=1S/C19H28N2O4/c22-18(24-15-7-3-1-4-8-15)13-17(21-12-11-20-14-21)19(23)25-16-9-5-2-6-10-16/h11-12,14-17H,1-10,13H2. The molecule has 0 bridgehead atoms. The first-order chi connectivity index (χ1) is 12.2. The molecule has 3 rings (SSSR count). The van der Waals surface area contributed by atoms with Crippen LogP contribution in [0, 0.1) is 0 Å². The summed E-state index contributed by atoms with van der Waals surface area (Å²) in [5.74, 6) is -0.684. The van der Waals surface area contributed by atoms with Crippen molar-refractivity contribution in [2.24, 2.45) is 0 Å². The van der Waals surface area contributed by atoms with Gasteiger partial charge in [-0.2, -0.15) is 0 Å². The molecule has 2 aliphatic carbocycles. The molecule has 6 nitrogen and oxygen atoms in total. The highest BCUT2D eigenvalue weighted by Gasteiger charge is 2.30. The summed E-state index contributed by atoms with van der Waals surface area (Å²) < 4.78 is 12.9. The predicted octanol–water partition coefficient (Wildman–Crippen LogP) is 3.57. The molecule has 1 unspecified atom stereocenters.